The number of hydrogen-bond donors (Lipinski definition) is 3. The smallest absolute Gasteiger partial charge is 0.273 e. The predicted molar refractivity (Wildman–Crippen MR) is 211 cm³/mol. The van der Waals surface area contributed by atoms with Crippen LogP contribution < -0.4 is 20.9 Å². The molecule has 0 radical (unpaired) electrons. The Morgan fingerprint density at radius 3 is 2.28 bits per heavy atom. The highest BCUT2D eigenvalue weighted by atomic mass is 35.5. The van der Waals surface area contributed by atoms with Gasteiger partial charge in [-0.3, -0.25) is 14.6 Å². The van der Waals surface area contributed by atoms with Gasteiger partial charge >= 0.3 is 0 Å². The van der Waals surface area contributed by atoms with Crippen molar-refractivity contribution in [1.82, 2.24) is 25.1 Å². The van der Waals surface area contributed by atoms with E-state index in [1.165, 1.54) is 6.07 Å². The summed E-state index contributed by atoms with van der Waals surface area (Å²) in [4.78, 5) is 30.9. The number of halogens is 3. The molecule has 3 saturated heterocycles. The lowest BCUT2D eigenvalue weighted by Crippen LogP contribution is -2.58. The van der Waals surface area contributed by atoms with Crippen molar-refractivity contribution in [2.24, 2.45) is 0 Å². The summed E-state index contributed by atoms with van der Waals surface area (Å²) in [6.45, 7) is 21.6. The number of piperidine rings is 1. The van der Waals surface area contributed by atoms with Crippen molar-refractivity contribution in [3.63, 3.8) is 0 Å². The Bertz CT molecular complexity index is 1540. The van der Waals surface area contributed by atoms with Crippen molar-refractivity contribution in [2.75, 3.05) is 74.5 Å². The first-order chi connectivity index (χ1) is 25.2. The summed E-state index contributed by atoms with van der Waals surface area (Å²) in [6.07, 6.45) is 2.90. The van der Waals surface area contributed by atoms with Gasteiger partial charge in [-0.25, -0.2) is 18.7 Å². The predicted octanol–water partition coefficient (Wildman–Crippen LogP) is 6.05. The van der Waals surface area contributed by atoms with Crippen LogP contribution in [0.4, 0.5) is 26.1 Å². The van der Waals surface area contributed by atoms with Gasteiger partial charge in [0.05, 0.1) is 18.4 Å². The third-order valence-corrected chi connectivity index (χ3v) is 18.2. The van der Waals surface area contributed by atoms with E-state index in [-0.39, 0.29) is 28.4 Å². The molecule has 3 aliphatic rings. The van der Waals surface area contributed by atoms with Crippen molar-refractivity contribution in [3.8, 4) is 0 Å². The largest absolute Gasteiger partial charge is 0.414 e. The van der Waals surface area contributed by atoms with E-state index in [0.717, 1.165) is 44.5 Å². The molecule has 5 rings (SSSR count). The van der Waals surface area contributed by atoms with Crippen LogP contribution >= 0.6 is 11.6 Å². The number of benzene rings is 1. The number of β-amino-alcohol motifs (C(OH)–C–C–N with tert-alkyl or cyclic N) is 1. The maximum Gasteiger partial charge on any atom is 0.273 e. The summed E-state index contributed by atoms with van der Waals surface area (Å²) < 4.78 is 35.8. The van der Waals surface area contributed by atoms with Gasteiger partial charge in [-0.1, -0.05) is 66.1 Å². The summed E-state index contributed by atoms with van der Waals surface area (Å²) in [5, 5.41) is 13.1. The number of amides is 1. The number of piperazine rings is 1. The molecular formula is C38H61ClF2N8O3Si. The number of nitrogens with two attached hydrogens (primary N) is 1. The highest BCUT2D eigenvalue weighted by molar-refractivity contribution is 6.77. The zero-order chi connectivity index (χ0) is 38.6. The Hall–Kier alpha value is -2.62. The molecule has 0 aliphatic carbocycles. The van der Waals surface area contributed by atoms with E-state index in [2.05, 4.69) is 78.5 Å². The lowest BCUT2D eigenvalue weighted by Gasteiger charge is -2.47. The molecule has 4 N–H and O–H groups in total. The maximum atomic E-state index is 15.0. The number of aliphatic hydroxyl groups is 1. The average molecular weight is 779 g/mol. The molecule has 1 aromatic heterocycles. The quantitative estimate of drug-likeness (QED) is 0.154. The Kier molecular flexibility index (Phi) is 14.0. The van der Waals surface area contributed by atoms with Gasteiger partial charge in [-0.2, -0.15) is 0 Å². The van der Waals surface area contributed by atoms with E-state index in [1.54, 1.807) is 11.0 Å². The third-order valence-electron chi connectivity index (χ3n) is 11.9. The minimum atomic E-state index is -2.05. The van der Waals surface area contributed by atoms with Crippen molar-refractivity contribution >= 4 is 43.1 Å². The Balaban J connectivity index is 1.15. The Labute approximate surface area is 320 Å². The SMILES string of the molecule is CC[C@H]1CN(c2nc(N)c(C(=O)NCCO[Si](C(C)C)(C(C)C)C(C)C)nc2Cl)CCN1C1CCN(Cc2ccc(F)c(F)c2N2CC[C@H](O)C2)CC1. The molecule has 2 aromatic rings. The second-order valence-corrected chi connectivity index (χ2v) is 21.8. The van der Waals surface area contributed by atoms with Crippen molar-refractivity contribution in [1.29, 1.82) is 0 Å². The monoisotopic (exact) mass is 778 g/mol. The normalized spacial score (nSPS) is 21.1. The van der Waals surface area contributed by atoms with E-state index >= 15 is 4.39 Å². The van der Waals surface area contributed by atoms with Gasteiger partial charge < -0.3 is 30.4 Å². The summed E-state index contributed by atoms with van der Waals surface area (Å²) in [5.74, 6) is -1.57. The molecule has 3 fully saturated rings. The number of nitrogens with one attached hydrogen (secondary N) is 1. The first-order valence-corrected chi connectivity index (χ1v) is 22.1. The minimum Gasteiger partial charge on any atom is -0.414 e. The number of anilines is 3. The number of likely N-dealkylation sites (tertiary alicyclic amines) is 1. The Morgan fingerprint density at radius 2 is 1.68 bits per heavy atom. The van der Waals surface area contributed by atoms with E-state index in [1.807, 2.05) is 0 Å². The maximum absolute atomic E-state index is 15.0. The Morgan fingerprint density at radius 1 is 1.00 bits per heavy atom. The molecule has 2 atom stereocenters. The van der Waals surface area contributed by atoms with Gasteiger partial charge in [-0.05, 0) is 67.0 Å². The number of nitrogen functional groups attached to an aromatic ring is 1. The molecule has 11 nitrogen and oxygen atoms in total. The van der Waals surface area contributed by atoms with Gasteiger partial charge in [0.25, 0.3) is 5.91 Å². The van der Waals surface area contributed by atoms with Crippen molar-refractivity contribution in [2.45, 2.75) is 116 Å². The molecular weight excluding hydrogens is 718 g/mol. The highest BCUT2D eigenvalue weighted by Gasteiger charge is 2.45. The molecule has 296 valence electrons. The first-order valence-electron chi connectivity index (χ1n) is 19.6. The fourth-order valence-electron chi connectivity index (χ4n) is 9.31. The fraction of sp³-hybridized carbons (Fsp3) is 0.711. The van der Waals surface area contributed by atoms with Crippen LogP contribution in [0.1, 0.15) is 90.2 Å². The van der Waals surface area contributed by atoms with Crippen LogP contribution in [-0.2, 0) is 11.0 Å². The first kappa shape index (κ1) is 41.5. The van der Waals surface area contributed by atoms with Crippen LogP contribution in [0, 0.1) is 11.6 Å². The molecule has 1 amide bonds. The zero-order valence-corrected chi connectivity index (χ0v) is 34.4. The van der Waals surface area contributed by atoms with Crippen LogP contribution in [0.5, 0.6) is 0 Å². The van der Waals surface area contributed by atoms with Crippen LogP contribution in [-0.4, -0.2) is 116 Å². The minimum absolute atomic E-state index is 0.0183. The number of aliphatic hydroxyl groups excluding tert-OH is 1. The van der Waals surface area contributed by atoms with Gasteiger partial charge in [-0.15, -0.1) is 0 Å². The second kappa shape index (κ2) is 17.9. The molecule has 15 heteroatoms. The standard InChI is InChI=1S/C38H61ClF2N8O3Si/c1-8-28-22-48(37-35(39)44-33(36(42)45-37)38(51)43-14-20-52-53(24(2)3,25(4)5)26(6)7)18-19-49(28)29-11-15-46(16-12-29)21-27-9-10-31(40)32(41)34(27)47-17-13-30(50)23-47/h9-10,24-26,28-30,50H,8,11-23H2,1-7H3,(H2,42,45)(H,43,51)/t28-,30-/m0/s1. The van der Waals surface area contributed by atoms with Gasteiger partial charge in [0.1, 0.15) is 0 Å². The van der Waals surface area contributed by atoms with E-state index < -0.39 is 32.0 Å². The summed E-state index contributed by atoms with van der Waals surface area (Å²) >= 11 is 6.69. The van der Waals surface area contributed by atoms with E-state index in [4.69, 9.17) is 21.8 Å². The number of rotatable bonds is 14. The fourth-order valence-corrected chi connectivity index (χ4v) is 15.0. The zero-order valence-electron chi connectivity index (χ0n) is 32.7. The molecule has 53 heavy (non-hydrogen) atoms. The topological polar surface area (TPSA) is 123 Å². The number of hydrogen-bond acceptors (Lipinski definition) is 10. The molecule has 0 spiro atoms. The lowest BCUT2D eigenvalue weighted by atomic mass is 9.97. The van der Waals surface area contributed by atoms with E-state index in [9.17, 15) is 14.3 Å². The molecule has 0 bridgehead atoms. The lowest BCUT2D eigenvalue weighted by molar-refractivity contribution is 0.0610. The summed E-state index contributed by atoms with van der Waals surface area (Å²) in [7, 11) is -2.05. The van der Waals surface area contributed by atoms with Crippen molar-refractivity contribution < 1.29 is 23.1 Å². The second-order valence-electron chi connectivity index (χ2n) is 16.0. The van der Waals surface area contributed by atoms with Crippen LogP contribution in [0.2, 0.25) is 21.8 Å². The van der Waals surface area contributed by atoms with E-state index in [0.29, 0.717) is 80.8 Å². The third kappa shape index (κ3) is 9.10. The highest BCUT2D eigenvalue weighted by Crippen LogP contribution is 2.42. The summed E-state index contributed by atoms with van der Waals surface area (Å²) in [6, 6.07) is 3.55. The number of aromatic nitrogens is 2. The van der Waals surface area contributed by atoms with Crippen LogP contribution in [0.15, 0.2) is 12.1 Å². The summed E-state index contributed by atoms with van der Waals surface area (Å²) in [5.41, 5.74) is 8.74. The molecule has 4 heterocycles. The van der Waals surface area contributed by atoms with Gasteiger partial charge in [0.15, 0.2) is 42.4 Å². The molecule has 0 saturated carbocycles. The molecule has 0 unspecified atom stereocenters. The van der Waals surface area contributed by atoms with Crippen LogP contribution in [0.3, 0.4) is 0 Å². The molecule has 1 aromatic carbocycles. The molecule has 3 aliphatic heterocycles. The number of carbonyl (C=O) groups excluding carboxylic acids is 1. The van der Waals surface area contributed by atoms with Crippen LogP contribution in [0.25, 0.3) is 0 Å². The number of carbonyl (C=O) groups is 1. The average Bonchev–Trinajstić information content (AvgIpc) is 3.55. The van der Waals surface area contributed by atoms with Gasteiger partial charge in [0, 0.05) is 57.9 Å². The van der Waals surface area contributed by atoms with Crippen molar-refractivity contribution in [3.05, 3.63) is 40.2 Å². The van der Waals surface area contributed by atoms with Gasteiger partial charge in [0.2, 0.25) is 0 Å². The number of nitrogens with zero attached hydrogens (tertiary/aromatic N) is 6.